The van der Waals surface area contributed by atoms with Crippen LogP contribution in [0.2, 0.25) is 0 Å². The predicted octanol–water partition coefficient (Wildman–Crippen LogP) is 2.43. The highest BCUT2D eigenvalue weighted by Crippen LogP contribution is 2.15. The molecule has 0 aromatic heterocycles. The maximum atomic E-state index is 11.7. The van der Waals surface area contributed by atoms with Gasteiger partial charge in [0.2, 0.25) is 0 Å². The summed E-state index contributed by atoms with van der Waals surface area (Å²) in [4.78, 5) is 11.7. The highest BCUT2D eigenvalue weighted by atomic mass is 16.5. The minimum Gasteiger partial charge on any atom is -0.497 e. The Morgan fingerprint density at radius 3 is 2.53 bits per heavy atom. The third kappa shape index (κ3) is 2.81. The zero-order valence-corrected chi connectivity index (χ0v) is 8.86. The summed E-state index contributed by atoms with van der Waals surface area (Å²) < 4.78 is 4.99. The van der Waals surface area contributed by atoms with Crippen LogP contribution in [0.25, 0.3) is 0 Å². The van der Waals surface area contributed by atoms with Gasteiger partial charge in [0, 0.05) is 17.9 Å². The summed E-state index contributed by atoms with van der Waals surface area (Å²) in [5.41, 5.74) is 0.624. The van der Waals surface area contributed by atoms with Crippen LogP contribution < -0.4 is 4.74 Å². The molecular formula is C12H13NO2. The number of nitriles is 1. The molecule has 0 bridgehead atoms. The second kappa shape index (κ2) is 5.16. The van der Waals surface area contributed by atoms with Crippen molar-refractivity contribution >= 4 is 5.78 Å². The molecule has 0 aliphatic carbocycles. The molecule has 0 aliphatic rings. The highest BCUT2D eigenvalue weighted by molar-refractivity contribution is 5.97. The van der Waals surface area contributed by atoms with E-state index in [1.165, 1.54) is 0 Å². The number of benzene rings is 1. The molecule has 1 rings (SSSR count). The molecule has 1 atom stereocenters. The summed E-state index contributed by atoms with van der Waals surface area (Å²) in [5.74, 6) is 0.474. The van der Waals surface area contributed by atoms with Gasteiger partial charge in [-0.1, -0.05) is 6.92 Å². The van der Waals surface area contributed by atoms with Crippen molar-refractivity contribution in [1.82, 2.24) is 0 Å². The Balaban J connectivity index is 2.79. The molecule has 0 amide bonds. The van der Waals surface area contributed by atoms with Crippen LogP contribution in [0.4, 0.5) is 0 Å². The van der Waals surface area contributed by atoms with Gasteiger partial charge in [0.1, 0.15) is 5.75 Å². The first-order chi connectivity index (χ1) is 7.19. The van der Waals surface area contributed by atoms with E-state index in [0.29, 0.717) is 5.56 Å². The lowest BCUT2D eigenvalue weighted by atomic mass is 9.97. The highest BCUT2D eigenvalue weighted by Gasteiger charge is 2.14. The van der Waals surface area contributed by atoms with Crippen molar-refractivity contribution in [2.24, 2.45) is 5.92 Å². The molecule has 0 spiro atoms. The summed E-state index contributed by atoms with van der Waals surface area (Å²) in [6.45, 7) is 1.76. The van der Waals surface area contributed by atoms with Crippen molar-refractivity contribution in [1.29, 1.82) is 5.26 Å². The van der Waals surface area contributed by atoms with E-state index < -0.39 is 0 Å². The van der Waals surface area contributed by atoms with Crippen LogP contribution in [-0.4, -0.2) is 12.9 Å². The molecule has 3 heteroatoms. The minimum absolute atomic E-state index is 0.000738. The molecule has 1 aromatic rings. The molecule has 0 radical (unpaired) electrons. The third-order valence-corrected chi connectivity index (χ3v) is 2.22. The quantitative estimate of drug-likeness (QED) is 0.706. The lowest BCUT2D eigenvalue weighted by Gasteiger charge is -2.06. The fraction of sp³-hybridized carbons (Fsp3) is 0.333. The zero-order valence-electron chi connectivity index (χ0n) is 8.86. The van der Waals surface area contributed by atoms with Gasteiger partial charge in [-0.3, -0.25) is 4.79 Å². The van der Waals surface area contributed by atoms with E-state index in [4.69, 9.17) is 10.00 Å². The van der Waals surface area contributed by atoms with Gasteiger partial charge in [-0.05, 0) is 24.3 Å². The van der Waals surface area contributed by atoms with E-state index >= 15 is 0 Å². The standard InChI is InChI=1S/C12H13NO2/c1-9(7-8-13)12(14)10-3-5-11(15-2)6-4-10/h3-6,9H,7H2,1-2H3. The second-order valence-electron chi connectivity index (χ2n) is 3.36. The van der Waals surface area contributed by atoms with Crippen molar-refractivity contribution < 1.29 is 9.53 Å². The van der Waals surface area contributed by atoms with Gasteiger partial charge in [-0.25, -0.2) is 0 Å². The average molecular weight is 203 g/mol. The van der Waals surface area contributed by atoms with Crippen LogP contribution in [0.5, 0.6) is 5.75 Å². The molecule has 1 unspecified atom stereocenters. The van der Waals surface area contributed by atoms with Crippen molar-refractivity contribution in [3.8, 4) is 11.8 Å². The smallest absolute Gasteiger partial charge is 0.166 e. The second-order valence-corrected chi connectivity index (χ2v) is 3.36. The third-order valence-electron chi connectivity index (χ3n) is 2.22. The van der Waals surface area contributed by atoms with Crippen LogP contribution in [0.3, 0.4) is 0 Å². The summed E-state index contributed by atoms with van der Waals surface area (Å²) in [6.07, 6.45) is 0.255. The SMILES string of the molecule is COc1ccc(C(=O)C(C)CC#N)cc1. The molecular weight excluding hydrogens is 190 g/mol. The normalized spacial score (nSPS) is 11.5. The van der Waals surface area contributed by atoms with Crippen LogP contribution >= 0.6 is 0 Å². The van der Waals surface area contributed by atoms with E-state index in [2.05, 4.69) is 0 Å². The Bertz CT molecular complexity index is 376. The molecule has 15 heavy (non-hydrogen) atoms. The van der Waals surface area contributed by atoms with Gasteiger partial charge in [0.25, 0.3) is 0 Å². The molecule has 1 aromatic carbocycles. The maximum absolute atomic E-state index is 11.7. The summed E-state index contributed by atoms with van der Waals surface area (Å²) in [5, 5.41) is 8.49. The molecule has 78 valence electrons. The lowest BCUT2D eigenvalue weighted by Crippen LogP contribution is -2.10. The number of Topliss-reactive ketones (excluding diaryl/α,β-unsaturated/α-hetero) is 1. The predicted molar refractivity (Wildman–Crippen MR) is 56.7 cm³/mol. The lowest BCUT2D eigenvalue weighted by molar-refractivity contribution is 0.0932. The van der Waals surface area contributed by atoms with Crippen molar-refractivity contribution in [3.05, 3.63) is 29.8 Å². The number of hydrogen-bond acceptors (Lipinski definition) is 3. The average Bonchev–Trinajstić information content (AvgIpc) is 2.28. The fourth-order valence-electron chi connectivity index (χ4n) is 1.27. The largest absolute Gasteiger partial charge is 0.497 e. The van der Waals surface area contributed by atoms with Gasteiger partial charge in [-0.15, -0.1) is 0 Å². The van der Waals surface area contributed by atoms with E-state index in [1.807, 2.05) is 6.07 Å². The van der Waals surface area contributed by atoms with E-state index in [1.54, 1.807) is 38.3 Å². The maximum Gasteiger partial charge on any atom is 0.166 e. The number of ketones is 1. The Kier molecular flexibility index (Phi) is 3.87. The Hall–Kier alpha value is -1.82. The Morgan fingerprint density at radius 2 is 2.07 bits per heavy atom. The Labute approximate surface area is 89.3 Å². The minimum atomic E-state index is -0.247. The topological polar surface area (TPSA) is 50.1 Å². The van der Waals surface area contributed by atoms with Crippen LogP contribution in [0.15, 0.2) is 24.3 Å². The molecule has 0 heterocycles. The van der Waals surface area contributed by atoms with E-state index in [9.17, 15) is 4.79 Å². The fourth-order valence-corrected chi connectivity index (χ4v) is 1.27. The van der Waals surface area contributed by atoms with Gasteiger partial charge < -0.3 is 4.74 Å². The first-order valence-corrected chi connectivity index (χ1v) is 4.74. The summed E-state index contributed by atoms with van der Waals surface area (Å²) >= 11 is 0. The van der Waals surface area contributed by atoms with Crippen molar-refractivity contribution in [2.45, 2.75) is 13.3 Å². The number of methoxy groups -OCH3 is 1. The van der Waals surface area contributed by atoms with Crippen LogP contribution in [-0.2, 0) is 0 Å². The van der Waals surface area contributed by atoms with Gasteiger partial charge in [0.05, 0.1) is 13.2 Å². The number of rotatable bonds is 4. The van der Waals surface area contributed by atoms with Crippen LogP contribution in [0, 0.1) is 17.2 Å². The number of carbonyl (C=O) groups excluding carboxylic acids is 1. The number of hydrogen-bond donors (Lipinski definition) is 0. The number of carbonyl (C=O) groups is 1. The monoisotopic (exact) mass is 203 g/mol. The van der Waals surface area contributed by atoms with E-state index in [0.717, 1.165) is 5.75 Å². The number of nitrogens with zero attached hydrogens (tertiary/aromatic N) is 1. The number of ether oxygens (including phenoxy) is 1. The first-order valence-electron chi connectivity index (χ1n) is 4.74. The van der Waals surface area contributed by atoms with E-state index in [-0.39, 0.29) is 18.1 Å². The molecule has 0 fully saturated rings. The molecule has 0 saturated heterocycles. The van der Waals surface area contributed by atoms with Crippen LogP contribution in [0.1, 0.15) is 23.7 Å². The molecule has 0 saturated carbocycles. The molecule has 0 N–H and O–H groups in total. The molecule has 3 nitrogen and oxygen atoms in total. The first kappa shape index (κ1) is 11.3. The van der Waals surface area contributed by atoms with Crippen molar-refractivity contribution in [2.75, 3.05) is 7.11 Å². The van der Waals surface area contributed by atoms with Gasteiger partial charge in [0.15, 0.2) is 5.78 Å². The summed E-state index contributed by atoms with van der Waals surface area (Å²) in [7, 11) is 1.58. The van der Waals surface area contributed by atoms with Gasteiger partial charge >= 0.3 is 0 Å². The zero-order chi connectivity index (χ0) is 11.3. The van der Waals surface area contributed by atoms with Gasteiger partial charge in [-0.2, -0.15) is 5.26 Å². The molecule has 0 aliphatic heterocycles. The Morgan fingerprint density at radius 1 is 1.47 bits per heavy atom. The summed E-state index contributed by atoms with van der Waals surface area (Å²) in [6, 6.07) is 8.91. The van der Waals surface area contributed by atoms with Crippen molar-refractivity contribution in [3.63, 3.8) is 0 Å².